The molecule has 0 radical (unpaired) electrons. The number of benzene rings is 1. The number of rotatable bonds is 10. The Kier molecular flexibility index (Phi) is 8.70. The molecule has 1 aliphatic rings. The van der Waals surface area contributed by atoms with Crippen LogP contribution in [0.5, 0.6) is 0 Å². The molecule has 0 saturated carbocycles. The highest BCUT2D eigenvalue weighted by molar-refractivity contribution is 7.98. The van der Waals surface area contributed by atoms with Crippen molar-refractivity contribution in [1.29, 1.82) is 0 Å². The number of thioether (sulfide) groups is 1. The van der Waals surface area contributed by atoms with Crippen molar-refractivity contribution in [3.8, 4) is 0 Å². The number of carbonyl (C=O) groups is 1. The third-order valence-corrected chi connectivity index (χ3v) is 7.04. The number of morpholine rings is 1. The van der Waals surface area contributed by atoms with Crippen molar-refractivity contribution in [3.05, 3.63) is 54.2 Å². The largest absolute Gasteiger partial charge is 0.378 e. The number of nitrogens with one attached hydrogen (secondary N) is 2. The minimum Gasteiger partial charge on any atom is -0.378 e. The van der Waals surface area contributed by atoms with E-state index in [1.807, 2.05) is 18.4 Å². The number of carbonyl (C=O) groups excluding carboxylic acids is 1. The molecular weight excluding hydrogens is 436 g/mol. The number of hydrogen-bond donors (Lipinski definition) is 2. The molecule has 1 unspecified atom stereocenters. The van der Waals surface area contributed by atoms with Gasteiger partial charge in [0.25, 0.3) is 0 Å². The molecule has 1 aromatic heterocycles. The maximum absolute atomic E-state index is 12.9. The predicted octanol–water partition coefficient (Wildman–Crippen LogP) is 1.63. The smallest absolute Gasteiger partial charge is 0.241 e. The van der Waals surface area contributed by atoms with Gasteiger partial charge < -0.3 is 15.0 Å². The van der Waals surface area contributed by atoms with Gasteiger partial charge in [-0.05, 0) is 36.6 Å². The number of nitrogens with zero attached hydrogens (tertiary/aromatic N) is 2. The number of anilines is 1. The van der Waals surface area contributed by atoms with Crippen LogP contribution in [0, 0.1) is 0 Å². The van der Waals surface area contributed by atoms with E-state index in [4.69, 9.17) is 4.74 Å². The molecule has 2 aromatic rings. The van der Waals surface area contributed by atoms with Crippen LogP contribution in [0.3, 0.4) is 0 Å². The van der Waals surface area contributed by atoms with E-state index in [0.717, 1.165) is 24.5 Å². The number of amides is 1. The molecule has 1 saturated heterocycles. The summed E-state index contributed by atoms with van der Waals surface area (Å²) in [5, 5.41) is 2.89. The lowest BCUT2D eigenvalue weighted by Gasteiger charge is -2.29. The van der Waals surface area contributed by atoms with Crippen LogP contribution in [0.25, 0.3) is 0 Å². The number of aromatic nitrogens is 1. The minimum atomic E-state index is -3.80. The Balaban J connectivity index is 1.69. The van der Waals surface area contributed by atoms with Gasteiger partial charge >= 0.3 is 0 Å². The first-order chi connectivity index (χ1) is 15.0. The van der Waals surface area contributed by atoms with Crippen molar-refractivity contribution in [1.82, 2.24) is 15.0 Å². The Hall–Kier alpha value is -2.14. The standard InChI is InChI=1S/C21H28N4O4S2/c1-30-15-9-19(24-31(27,28)18-7-3-2-4-8-18)21(26)23-16-17-6-5-10-22-20(17)25-11-13-29-14-12-25/h2-8,10,19,24H,9,11-16H2,1H3,(H,23,26). The Morgan fingerprint density at radius 2 is 1.94 bits per heavy atom. The molecule has 1 aliphatic heterocycles. The van der Waals surface area contributed by atoms with E-state index in [-0.39, 0.29) is 17.3 Å². The van der Waals surface area contributed by atoms with E-state index in [1.165, 1.54) is 12.1 Å². The van der Waals surface area contributed by atoms with Crippen LogP contribution in [0.1, 0.15) is 12.0 Å². The molecule has 2 N–H and O–H groups in total. The first-order valence-corrected chi connectivity index (χ1v) is 13.0. The van der Waals surface area contributed by atoms with E-state index < -0.39 is 16.1 Å². The molecule has 3 rings (SSSR count). The lowest BCUT2D eigenvalue weighted by molar-refractivity contribution is -0.122. The van der Waals surface area contributed by atoms with Gasteiger partial charge in [0.05, 0.1) is 18.1 Å². The highest BCUT2D eigenvalue weighted by Crippen LogP contribution is 2.18. The summed E-state index contributed by atoms with van der Waals surface area (Å²) in [7, 11) is -3.80. The fraction of sp³-hybridized carbons (Fsp3) is 0.429. The zero-order valence-corrected chi connectivity index (χ0v) is 19.1. The third kappa shape index (κ3) is 6.67. The highest BCUT2D eigenvalue weighted by atomic mass is 32.2. The maximum Gasteiger partial charge on any atom is 0.241 e. The Labute approximate surface area is 187 Å². The van der Waals surface area contributed by atoms with Crippen LogP contribution in [0.4, 0.5) is 5.82 Å². The molecule has 2 heterocycles. The lowest BCUT2D eigenvalue weighted by Crippen LogP contribution is -2.47. The molecule has 168 valence electrons. The quantitative estimate of drug-likeness (QED) is 0.551. The molecule has 0 spiro atoms. The van der Waals surface area contributed by atoms with E-state index in [1.54, 1.807) is 36.2 Å². The van der Waals surface area contributed by atoms with Crippen LogP contribution < -0.4 is 14.9 Å². The minimum absolute atomic E-state index is 0.138. The number of ether oxygens (including phenoxy) is 1. The predicted molar refractivity (Wildman–Crippen MR) is 123 cm³/mol. The molecular formula is C21H28N4O4S2. The fourth-order valence-electron chi connectivity index (χ4n) is 3.27. The van der Waals surface area contributed by atoms with Gasteiger partial charge in [0.2, 0.25) is 15.9 Å². The molecule has 0 aliphatic carbocycles. The molecule has 0 bridgehead atoms. The van der Waals surface area contributed by atoms with Crippen LogP contribution in [-0.2, 0) is 26.1 Å². The zero-order chi connectivity index (χ0) is 22.1. The van der Waals surface area contributed by atoms with Crippen molar-refractivity contribution in [2.45, 2.75) is 23.9 Å². The van der Waals surface area contributed by atoms with Crippen LogP contribution >= 0.6 is 11.8 Å². The Morgan fingerprint density at radius 3 is 2.65 bits per heavy atom. The summed E-state index contributed by atoms with van der Waals surface area (Å²) in [6, 6.07) is 11.0. The molecule has 31 heavy (non-hydrogen) atoms. The van der Waals surface area contributed by atoms with Gasteiger partial charge in [-0.15, -0.1) is 0 Å². The molecule has 1 amide bonds. The topological polar surface area (TPSA) is 101 Å². The van der Waals surface area contributed by atoms with Crippen LogP contribution in [0.2, 0.25) is 0 Å². The zero-order valence-electron chi connectivity index (χ0n) is 17.5. The van der Waals surface area contributed by atoms with Gasteiger partial charge in [-0.1, -0.05) is 24.3 Å². The number of sulfonamides is 1. The van der Waals surface area contributed by atoms with Gasteiger partial charge in [0.1, 0.15) is 11.9 Å². The third-order valence-electron chi connectivity index (χ3n) is 4.91. The summed E-state index contributed by atoms with van der Waals surface area (Å²) in [6.45, 7) is 3.03. The molecule has 1 aromatic carbocycles. The second-order valence-electron chi connectivity index (χ2n) is 7.07. The molecule has 1 fully saturated rings. The summed E-state index contributed by atoms with van der Waals surface area (Å²) in [4.78, 5) is 19.7. The summed E-state index contributed by atoms with van der Waals surface area (Å²) in [5.74, 6) is 1.11. The Morgan fingerprint density at radius 1 is 1.19 bits per heavy atom. The highest BCUT2D eigenvalue weighted by Gasteiger charge is 2.25. The van der Waals surface area contributed by atoms with Crippen molar-refractivity contribution in [2.24, 2.45) is 0 Å². The van der Waals surface area contributed by atoms with Gasteiger partial charge in [0.15, 0.2) is 0 Å². The number of pyridine rings is 1. The van der Waals surface area contributed by atoms with Gasteiger partial charge in [-0.2, -0.15) is 16.5 Å². The summed E-state index contributed by atoms with van der Waals surface area (Å²) in [5.41, 5.74) is 0.882. The number of hydrogen-bond acceptors (Lipinski definition) is 7. The molecule has 10 heteroatoms. The van der Waals surface area contributed by atoms with Crippen molar-refractivity contribution >= 4 is 33.5 Å². The van der Waals surface area contributed by atoms with E-state index >= 15 is 0 Å². The molecule has 1 atom stereocenters. The van der Waals surface area contributed by atoms with Crippen molar-refractivity contribution in [2.75, 3.05) is 43.2 Å². The second kappa shape index (κ2) is 11.5. The van der Waals surface area contributed by atoms with E-state index in [0.29, 0.717) is 25.4 Å². The first-order valence-electron chi connectivity index (χ1n) is 10.1. The first kappa shape index (κ1) is 23.5. The van der Waals surface area contributed by atoms with Gasteiger partial charge in [-0.25, -0.2) is 13.4 Å². The fourth-order valence-corrected chi connectivity index (χ4v) is 4.99. The van der Waals surface area contributed by atoms with Crippen molar-refractivity contribution in [3.63, 3.8) is 0 Å². The van der Waals surface area contributed by atoms with Crippen molar-refractivity contribution < 1.29 is 17.9 Å². The normalized spacial score (nSPS) is 15.5. The van der Waals surface area contributed by atoms with Gasteiger partial charge in [-0.3, -0.25) is 4.79 Å². The summed E-state index contributed by atoms with van der Waals surface area (Å²) >= 11 is 1.56. The van der Waals surface area contributed by atoms with Gasteiger partial charge in [0, 0.05) is 31.4 Å². The second-order valence-corrected chi connectivity index (χ2v) is 9.77. The van der Waals surface area contributed by atoms with E-state index in [2.05, 4.69) is 19.9 Å². The summed E-state index contributed by atoms with van der Waals surface area (Å²) < 4.78 is 33.4. The van der Waals surface area contributed by atoms with Crippen LogP contribution in [-0.4, -0.2) is 63.7 Å². The maximum atomic E-state index is 12.9. The average molecular weight is 465 g/mol. The summed E-state index contributed by atoms with van der Waals surface area (Å²) in [6.07, 6.45) is 4.04. The lowest BCUT2D eigenvalue weighted by atomic mass is 10.2. The monoisotopic (exact) mass is 464 g/mol. The average Bonchev–Trinajstić information content (AvgIpc) is 2.81. The SMILES string of the molecule is CSCCC(NS(=O)(=O)c1ccccc1)C(=O)NCc1cccnc1N1CCOCC1. The van der Waals surface area contributed by atoms with E-state index in [9.17, 15) is 13.2 Å². The Bertz CT molecular complexity index is 951. The van der Waals surface area contributed by atoms with Crippen LogP contribution in [0.15, 0.2) is 53.6 Å². The molecule has 8 nitrogen and oxygen atoms in total.